The summed E-state index contributed by atoms with van der Waals surface area (Å²) < 4.78 is 0. The largest absolute Gasteiger partial charge is 0.198 e. The number of nitrogens with zero attached hydrogens (tertiary/aromatic N) is 2. The molecule has 60 valence electrons. The minimum absolute atomic E-state index is 0.151. The molecule has 0 amide bonds. The Labute approximate surface area is 70.6 Å². The van der Waals surface area contributed by atoms with Crippen LogP contribution in [0.4, 0.5) is 0 Å². The summed E-state index contributed by atoms with van der Waals surface area (Å²) in [5.41, 5.74) is 1.73. The Morgan fingerprint density at radius 1 is 1.33 bits per heavy atom. The number of hydrogen-bond donors (Lipinski definition) is 0. The fraction of sp³-hybridized carbons (Fsp3) is 0.222. The van der Waals surface area contributed by atoms with E-state index in [1.54, 1.807) is 0 Å². The molecule has 0 bridgehead atoms. The van der Waals surface area contributed by atoms with Crippen molar-refractivity contribution in [3.8, 4) is 6.07 Å². The molecule has 0 N–H and O–H groups in total. The molecule has 0 aliphatic carbocycles. The molecule has 3 heteroatoms. The van der Waals surface area contributed by atoms with Crippen LogP contribution in [0.1, 0.15) is 11.1 Å². The monoisotopic (exact) mass is 160 g/mol. The highest BCUT2D eigenvalue weighted by atomic mass is 16.3. The minimum Gasteiger partial charge on any atom is -0.198 e. The summed E-state index contributed by atoms with van der Waals surface area (Å²) in [6.07, 6.45) is 0.339. The zero-order chi connectivity index (χ0) is 8.81. The Kier molecular flexibility index (Phi) is 2.97. The van der Waals surface area contributed by atoms with Crippen molar-refractivity contribution in [2.24, 2.45) is 5.18 Å². The molecule has 0 spiro atoms. The van der Waals surface area contributed by atoms with E-state index in [0.29, 0.717) is 6.42 Å². The van der Waals surface area contributed by atoms with Gasteiger partial charge in [0.1, 0.15) is 6.54 Å². The van der Waals surface area contributed by atoms with Crippen LogP contribution in [0.5, 0.6) is 0 Å². The van der Waals surface area contributed by atoms with Gasteiger partial charge in [-0.25, -0.2) is 0 Å². The van der Waals surface area contributed by atoms with Crippen molar-refractivity contribution < 1.29 is 0 Å². The van der Waals surface area contributed by atoms with Gasteiger partial charge in [-0.15, -0.1) is 0 Å². The lowest BCUT2D eigenvalue weighted by Gasteiger charge is -2.00. The zero-order valence-corrected chi connectivity index (χ0v) is 6.53. The van der Waals surface area contributed by atoms with E-state index in [1.165, 1.54) is 0 Å². The van der Waals surface area contributed by atoms with Crippen molar-refractivity contribution in [1.29, 1.82) is 5.26 Å². The van der Waals surface area contributed by atoms with Crippen LogP contribution in [-0.4, -0.2) is 0 Å². The number of nitriles is 1. The van der Waals surface area contributed by atoms with Gasteiger partial charge in [0.05, 0.1) is 12.5 Å². The molecule has 0 fully saturated rings. The van der Waals surface area contributed by atoms with Crippen molar-refractivity contribution in [3.05, 3.63) is 40.3 Å². The van der Waals surface area contributed by atoms with Crippen LogP contribution in [-0.2, 0) is 13.0 Å². The van der Waals surface area contributed by atoms with Gasteiger partial charge in [-0.3, -0.25) is 0 Å². The second-order valence-electron chi connectivity index (χ2n) is 2.39. The van der Waals surface area contributed by atoms with Crippen molar-refractivity contribution in [2.45, 2.75) is 13.0 Å². The van der Waals surface area contributed by atoms with Crippen molar-refractivity contribution in [1.82, 2.24) is 0 Å². The smallest absolute Gasteiger partial charge is 0.106 e. The first-order valence-electron chi connectivity index (χ1n) is 3.61. The summed E-state index contributed by atoms with van der Waals surface area (Å²) in [4.78, 5) is 10.00. The predicted octanol–water partition coefficient (Wildman–Crippen LogP) is 2.02. The zero-order valence-electron chi connectivity index (χ0n) is 6.53. The van der Waals surface area contributed by atoms with E-state index >= 15 is 0 Å². The topological polar surface area (TPSA) is 53.2 Å². The third-order valence-corrected chi connectivity index (χ3v) is 1.62. The highest BCUT2D eigenvalue weighted by Crippen LogP contribution is 2.09. The molecular weight excluding hydrogens is 152 g/mol. The molecule has 0 radical (unpaired) electrons. The Hall–Kier alpha value is -1.69. The average Bonchev–Trinajstić information content (AvgIpc) is 2.09. The maximum atomic E-state index is 10.00. The fourth-order valence-corrected chi connectivity index (χ4v) is 1.04. The first-order chi connectivity index (χ1) is 5.88. The van der Waals surface area contributed by atoms with E-state index in [9.17, 15) is 4.91 Å². The molecule has 0 aromatic heterocycles. The van der Waals surface area contributed by atoms with Crippen molar-refractivity contribution in [3.63, 3.8) is 0 Å². The van der Waals surface area contributed by atoms with Gasteiger partial charge in [-0.1, -0.05) is 29.4 Å². The van der Waals surface area contributed by atoms with E-state index in [1.807, 2.05) is 30.3 Å². The van der Waals surface area contributed by atoms with Gasteiger partial charge >= 0.3 is 0 Å². The van der Waals surface area contributed by atoms with Gasteiger partial charge in [-0.2, -0.15) is 10.2 Å². The molecule has 0 saturated carbocycles. The SMILES string of the molecule is N#CCc1ccccc1CN=O. The van der Waals surface area contributed by atoms with E-state index < -0.39 is 0 Å². The number of nitroso groups, excluding NO2 is 1. The normalized spacial score (nSPS) is 8.92. The summed E-state index contributed by atoms with van der Waals surface area (Å²) in [5.74, 6) is 0. The molecule has 0 heterocycles. The Morgan fingerprint density at radius 3 is 2.58 bits per heavy atom. The van der Waals surface area contributed by atoms with E-state index in [2.05, 4.69) is 5.18 Å². The number of rotatable bonds is 3. The molecule has 0 saturated heterocycles. The summed E-state index contributed by atoms with van der Waals surface area (Å²) >= 11 is 0. The van der Waals surface area contributed by atoms with Crippen LogP contribution in [0.2, 0.25) is 0 Å². The van der Waals surface area contributed by atoms with Crippen LogP contribution < -0.4 is 0 Å². The molecule has 3 nitrogen and oxygen atoms in total. The quantitative estimate of drug-likeness (QED) is 0.635. The third-order valence-electron chi connectivity index (χ3n) is 1.62. The molecular formula is C9H8N2O. The van der Waals surface area contributed by atoms with Gasteiger partial charge in [-0.05, 0) is 11.1 Å². The van der Waals surface area contributed by atoms with E-state index in [0.717, 1.165) is 11.1 Å². The van der Waals surface area contributed by atoms with Gasteiger partial charge in [0.2, 0.25) is 0 Å². The van der Waals surface area contributed by atoms with Crippen molar-refractivity contribution >= 4 is 0 Å². The predicted molar refractivity (Wildman–Crippen MR) is 45.3 cm³/mol. The Bertz CT molecular complexity index is 315. The second-order valence-corrected chi connectivity index (χ2v) is 2.39. The van der Waals surface area contributed by atoms with Gasteiger partial charge in [0, 0.05) is 0 Å². The van der Waals surface area contributed by atoms with Gasteiger partial charge < -0.3 is 0 Å². The standard InChI is InChI=1S/C9H8N2O/c10-6-5-8-3-1-2-4-9(8)7-11-12/h1-4H,5,7H2. The lowest BCUT2D eigenvalue weighted by atomic mass is 10.1. The van der Waals surface area contributed by atoms with Gasteiger partial charge in [0.15, 0.2) is 0 Å². The van der Waals surface area contributed by atoms with Crippen LogP contribution in [0.25, 0.3) is 0 Å². The maximum absolute atomic E-state index is 10.00. The molecule has 1 aromatic carbocycles. The highest BCUT2D eigenvalue weighted by Gasteiger charge is 1.99. The molecule has 12 heavy (non-hydrogen) atoms. The number of benzene rings is 1. The van der Waals surface area contributed by atoms with E-state index in [-0.39, 0.29) is 6.54 Å². The lowest BCUT2D eigenvalue weighted by Crippen LogP contribution is -1.90. The Morgan fingerprint density at radius 2 is 2.00 bits per heavy atom. The van der Waals surface area contributed by atoms with Crippen molar-refractivity contribution in [2.75, 3.05) is 0 Å². The van der Waals surface area contributed by atoms with Gasteiger partial charge in [0.25, 0.3) is 0 Å². The summed E-state index contributed by atoms with van der Waals surface area (Å²) in [6, 6.07) is 9.37. The van der Waals surface area contributed by atoms with Crippen LogP contribution in [0.3, 0.4) is 0 Å². The molecule has 1 aromatic rings. The van der Waals surface area contributed by atoms with Crippen LogP contribution in [0.15, 0.2) is 29.4 Å². The fourth-order valence-electron chi connectivity index (χ4n) is 1.04. The minimum atomic E-state index is 0.151. The first kappa shape index (κ1) is 8.41. The lowest BCUT2D eigenvalue weighted by molar-refractivity contribution is 1.02. The maximum Gasteiger partial charge on any atom is 0.106 e. The first-order valence-corrected chi connectivity index (χ1v) is 3.61. The summed E-state index contributed by atoms with van der Waals surface area (Å²) in [7, 11) is 0. The summed E-state index contributed by atoms with van der Waals surface area (Å²) in [5, 5.41) is 11.2. The summed E-state index contributed by atoms with van der Waals surface area (Å²) in [6.45, 7) is 0.151. The second kappa shape index (κ2) is 4.24. The number of hydrogen-bond acceptors (Lipinski definition) is 3. The Balaban J connectivity index is 2.93. The molecule has 0 atom stereocenters. The highest BCUT2D eigenvalue weighted by molar-refractivity contribution is 5.29. The average molecular weight is 160 g/mol. The van der Waals surface area contributed by atoms with Crippen LogP contribution >= 0.6 is 0 Å². The third kappa shape index (κ3) is 1.89. The van der Waals surface area contributed by atoms with Crippen LogP contribution in [0, 0.1) is 16.2 Å². The molecule has 0 aliphatic heterocycles. The molecule has 0 aliphatic rings. The molecule has 0 unspecified atom stereocenters. The molecule has 1 rings (SSSR count). The van der Waals surface area contributed by atoms with E-state index in [4.69, 9.17) is 5.26 Å².